The molecule has 2 atom stereocenters. The van der Waals surface area contributed by atoms with E-state index in [1.165, 1.54) is 7.05 Å². The number of aromatic amines is 1. The Bertz CT molecular complexity index is 938. The average Bonchev–Trinajstić information content (AvgIpc) is 3.01. The van der Waals surface area contributed by atoms with Gasteiger partial charge in [-0.3, -0.25) is 9.59 Å². The zero-order chi connectivity index (χ0) is 20.9. The summed E-state index contributed by atoms with van der Waals surface area (Å²) in [6.07, 6.45) is 2.29. The molecule has 0 bridgehead atoms. The Morgan fingerprint density at radius 1 is 1.14 bits per heavy atom. The normalized spacial score (nSPS) is 14.0. The molecule has 2 aromatic rings. The second-order valence-corrected chi connectivity index (χ2v) is 8.41. The molecule has 0 saturated heterocycles. The van der Waals surface area contributed by atoms with Crippen LogP contribution in [0.1, 0.15) is 25.8 Å². The number of carbonyl (C=O) groups excluding carboxylic acids is 2. The van der Waals surface area contributed by atoms with Gasteiger partial charge in [0.05, 0.1) is 0 Å². The molecule has 0 radical (unpaired) electrons. The average molecular weight is 410 g/mol. The van der Waals surface area contributed by atoms with Gasteiger partial charge in [-0.1, -0.05) is 32.0 Å². The van der Waals surface area contributed by atoms with Crippen molar-refractivity contribution in [1.82, 2.24) is 20.3 Å². The Hall–Kier alpha value is -2.43. The number of amides is 2. The highest BCUT2D eigenvalue weighted by molar-refractivity contribution is 7.87. The van der Waals surface area contributed by atoms with Crippen LogP contribution in [0.15, 0.2) is 30.5 Å². The molecule has 28 heavy (non-hydrogen) atoms. The zero-order valence-electron chi connectivity index (χ0n) is 16.2. The third-order valence-electron chi connectivity index (χ3n) is 4.31. The molecule has 154 valence electrons. The molecule has 2 rings (SSSR count). The van der Waals surface area contributed by atoms with Gasteiger partial charge in [0.25, 0.3) is 10.2 Å². The fraction of sp³-hybridized carbons (Fsp3) is 0.444. The van der Waals surface area contributed by atoms with Crippen LogP contribution < -0.4 is 20.5 Å². The lowest BCUT2D eigenvalue weighted by Gasteiger charge is -2.23. The lowest BCUT2D eigenvalue weighted by Crippen LogP contribution is -2.55. The van der Waals surface area contributed by atoms with Crippen molar-refractivity contribution in [2.75, 3.05) is 7.05 Å². The van der Waals surface area contributed by atoms with Crippen molar-refractivity contribution in [3.63, 3.8) is 0 Å². The topological polar surface area (TPSA) is 146 Å². The molecule has 0 aliphatic carbocycles. The molecule has 6 N–H and O–H groups in total. The van der Waals surface area contributed by atoms with Gasteiger partial charge in [0, 0.05) is 30.6 Å². The molecular weight excluding hydrogens is 382 g/mol. The molecule has 10 heteroatoms. The molecule has 0 aliphatic rings. The van der Waals surface area contributed by atoms with E-state index in [1.807, 2.05) is 38.1 Å². The number of benzene rings is 1. The van der Waals surface area contributed by atoms with Crippen LogP contribution in [0.25, 0.3) is 10.9 Å². The summed E-state index contributed by atoms with van der Waals surface area (Å²) in [7, 11) is -2.59. The van der Waals surface area contributed by atoms with Crippen molar-refractivity contribution < 1.29 is 18.0 Å². The Labute approximate surface area is 164 Å². The van der Waals surface area contributed by atoms with E-state index in [9.17, 15) is 18.0 Å². The van der Waals surface area contributed by atoms with E-state index in [0.29, 0.717) is 0 Å². The number of carbonyl (C=O) groups is 2. The number of H-pyrrole nitrogens is 1. The second-order valence-electron chi connectivity index (χ2n) is 7.08. The number of likely N-dealkylation sites (N-methyl/N-ethyl adjacent to an activating group) is 1. The maximum absolute atomic E-state index is 12.7. The van der Waals surface area contributed by atoms with Gasteiger partial charge >= 0.3 is 0 Å². The first-order valence-electron chi connectivity index (χ1n) is 8.97. The predicted molar refractivity (Wildman–Crippen MR) is 107 cm³/mol. The maximum Gasteiger partial charge on any atom is 0.275 e. The Morgan fingerprint density at radius 3 is 2.43 bits per heavy atom. The molecule has 0 spiro atoms. The first kappa shape index (κ1) is 21.9. The highest BCUT2D eigenvalue weighted by Gasteiger charge is 2.28. The predicted octanol–water partition coefficient (Wildman–Crippen LogP) is 0.149. The van der Waals surface area contributed by atoms with E-state index in [-0.39, 0.29) is 24.7 Å². The number of nitrogens with one attached hydrogen (secondary N) is 4. The minimum atomic E-state index is -4.07. The van der Waals surface area contributed by atoms with Crippen LogP contribution in [0.2, 0.25) is 0 Å². The zero-order valence-corrected chi connectivity index (χ0v) is 17.0. The van der Waals surface area contributed by atoms with Crippen LogP contribution in [-0.4, -0.2) is 44.3 Å². The highest BCUT2D eigenvalue weighted by atomic mass is 32.2. The van der Waals surface area contributed by atoms with Gasteiger partial charge in [0.2, 0.25) is 11.8 Å². The number of para-hydroxylation sites is 1. The van der Waals surface area contributed by atoms with Gasteiger partial charge in [-0.05, 0) is 24.0 Å². The van der Waals surface area contributed by atoms with Crippen LogP contribution in [0.3, 0.4) is 0 Å². The number of nitrogens with two attached hydrogens (primary N) is 1. The molecule has 0 saturated carbocycles. The lowest BCUT2D eigenvalue weighted by molar-refractivity contribution is -0.129. The standard InChI is InChI=1S/C18H27N5O4S/c1-11(2)8-16(23-28(19,26)27)18(25)22-15(17(24)20-3)9-12-10-21-14-7-5-4-6-13(12)14/h4-7,10-11,15-16,21,23H,8-9H2,1-3H3,(H,20,24)(H,22,25)(H2,19,26,27). The van der Waals surface area contributed by atoms with Gasteiger partial charge in [0.1, 0.15) is 12.1 Å². The molecule has 2 unspecified atom stereocenters. The van der Waals surface area contributed by atoms with E-state index in [4.69, 9.17) is 5.14 Å². The minimum absolute atomic E-state index is 0.0390. The highest BCUT2D eigenvalue weighted by Crippen LogP contribution is 2.19. The first-order chi connectivity index (χ1) is 13.1. The van der Waals surface area contributed by atoms with Crippen molar-refractivity contribution in [3.8, 4) is 0 Å². The molecule has 0 aliphatic heterocycles. The molecule has 9 nitrogen and oxygen atoms in total. The van der Waals surface area contributed by atoms with E-state index >= 15 is 0 Å². The van der Waals surface area contributed by atoms with Crippen molar-refractivity contribution in [2.24, 2.45) is 11.1 Å². The maximum atomic E-state index is 12.7. The van der Waals surface area contributed by atoms with Crippen LogP contribution in [0.5, 0.6) is 0 Å². The molecule has 0 fully saturated rings. The Balaban J connectivity index is 2.22. The van der Waals surface area contributed by atoms with Crippen LogP contribution in [0.4, 0.5) is 0 Å². The van der Waals surface area contributed by atoms with Crippen molar-refractivity contribution in [1.29, 1.82) is 0 Å². The third-order valence-corrected chi connectivity index (χ3v) is 4.92. The smallest absolute Gasteiger partial charge is 0.275 e. The van der Waals surface area contributed by atoms with Gasteiger partial charge in [0.15, 0.2) is 0 Å². The van der Waals surface area contributed by atoms with E-state index in [0.717, 1.165) is 16.5 Å². The van der Waals surface area contributed by atoms with Crippen molar-refractivity contribution in [3.05, 3.63) is 36.0 Å². The largest absolute Gasteiger partial charge is 0.361 e. The number of rotatable bonds is 9. The summed E-state index contributed by atoms with van der Waals surface area (Å²) in [5, 5.41) is 11.2. The SMILES string of the molecule is CNC(=O)C(Cc1c[nH]c2ccccc12)NC(=O)C(CC(C)C)NS(N)(=O)=O. The van der Waals surface area contributed by atoms with Gasteiger partial charge < -0.3 is 15.6 Å². The minimum Gasteiger partial charge on any atom is -0.361 e. The lowest BCUT2D eigenvalue weighted by atomic mass is 10.0. The van der Waals surface area contributed by atoms with Gasteiger partial charge in [-0.25, -0.2) is 5.14 Å². The van der Waals surface area contributed by atoms with Crippen molar-refractivity contribution in [2.45, 2.75) is 38.8 Å². The summed E-state index contributed by atoms with van der Waals surface area (Å²) < 4.78 is 25.0. The van der Waals surface area contributed by atoms with Gasteiger partial charge in [-0.2, -0.15) is 13.1 Å². The number of hydrogen-bond donors (Lipinski definition) is 5. The van der Waals surface area contributed by atoms with E-state index in [1.54, 1.807) is 6.20 Å². The summed E-state index contributed by atoms with van der Waals surface area (Å²) >= 11 is 0. The summed E-state index contributed by atoms with van der Waals surface area (Å²) in [6.45, 7) is 3.71. The van der Waals surface area contributed by atoms with Crippen LogP contribution in [-0.2, 0) is 26.2 Å². The Morgan fingerprint density at radius 2 is 1.82 bits per heavy atom. The fourth-order valence-electron chi connectivity index (χ4n) is 3.05. The number of hydrogen-bond acceptors (Lipinski definition) is 4. The van der Waals surface area contributed by atoms with E-state index < -0.39 is 28.2 Å². The monoisotopic (exact) mass is 409 g/mol. The molecule has 2 amide bonds. The van der Waals surface area contributed by atoms with Gasteiger partial charge in [-0.15, -0.1) is 0 Å². The number of aromatic nitrogens is 1. The quantitative estimate of drug-likeness (QED) is 0.401. The Kier molecular flexibility index (Phi) is 7.17. The van der Waals surface area contributed by atoms with Crippen LogP contribution in [0, 0.1) is 5.92 Å². The van der Waals surface area contributed by atoms with Crippen molar-refractivity contribution >= 4 is 32.9 Å². The summed E-state index contributed by atoms with van der Waals surface area (Å²) in [4.78, 5) is 28.2. The molecule has 1 aromatic heterocycles. The summed E-state index contributed by atoms with van der Waals surface area (Å²) in [5.74, 6) is -0.939. The summed E-state index contributed by atoms with van der Waals surface area (Å²) in [6, 6.07) is 5.70. The fourth-order valence-corrected chi connectivity index (χ4v) is 3.65. The van der Waals surface area contributed by atoms with E-state index in [2.05, 4.69) is 20.3 Å². The van der Waals surface area contributed by atoms with Crippen LogP contribution >= 0.6 is 0 Å². The molecule has 1 heterocycles. The molecular formula is C18H27N5O4S. The summed E-state index contributed by atoms with van der Waals surface area (Å²) in [5.41, 5.74) is 1.79. The molecule has 1 aromatic carbocycles. The first-order valence-corrected chi connectivity index (χ1v) is 10.5. The second kappa shape index (κ2) is 9.18. The third kappa shape index (κ3) is 6.04. The number of fused-ring (bicyclic) bond motifs is 1.